The molecule has 0 aliphatic heterocycles. The zero-order valence-corrected chi connectivity index (χ0v) is 16.1. The summed E-state index contributed by atoms with van der Waals surface area (Å²) < 4.78 is 19.7. The highest BCUT2D eigenvalue weighted by atomic mass is 35.5. The van der Waals surface area contributed by atoms with Gasteiger partial charge in [-0.1, -0.05) is 53.5 Å². The van der Waals surface area contributed by atoms with Gasteiger partial charge in [0.2, 0.25) is 0 Å². The van der Waals surface area contributed by atoms with E-state index in [9.17, 15) is 14.3 Å². The van der Waals surface area contributed by atoms with E-state index in [-0.39, 0.29) is 34.6 Å². The number of carbonyl (C=O) groups excluding carboxylic acids is 1. The van der Waals surface area contributed by atoms with Crippen molar-refractivity contribution in [2.45, 2.75) is 6.42 Å². The lowest BCUT2D eigenvalue weighted by Gasteiger charge is -2.13. The molecule has 144 valence electrons. The van der Waals surface area contributed by atoms with E-state index in [0.29, 0.717) is 16.7 Å². The maximum atomic E-state index is 14.5. The van der Waals surface area contributed by atoms with Crippen LogP contribution in [0.2, 0.25) is 10.0 Å². The SMILES string of the molecule is NC(=O)COc1cc(Cl)c(Cc2cc(-c3ccccc3)c(O)cc2F)c(Cl)c1. The van der Waals surface area contributed by atoms with Crippen molar-refractivity contribution < 1.29 is 19.0 Å². The summed E-state index contributed by atoms with van der Waals surface area (Å²) in [5.74, 6) is -1.07. The molecule has 3 N–H and O–H groups in total. The zero-order chi connectivity index (χ0) is 20.3. The van der Waals surface area contributed by atoms with Crippen molar-refractivity contribution in [3.05, 3.63) is 81.6 Å². The Morgan fingerprint density at radius 3 is 2.32 bits per heavy atom. The molecule has 3 rings (SSSR count). The Morgan fingerprint density at radius 2 is 1.71 bits per heavy atom. The van der Waals surface area contributed by atoms with Gasteiger partial charge in [0.05, 0.1) is 0 Å². The van der Waals surface area contributed by atoms with Crippen LogP contribution >= 0.6 is 23.2 Å². The number of nitrogens with two attached hydrogens (primary N) is 1. The van der Waals surface area contributed by atoms with Gasteiger partial charge in [-0.15, -0.1) is 0 Å². The average Bonchev–Trinajstić information content (AvgIpc) is 2.65. The number of benzene rings is 3. The summed E-state index contributed by atoms with van der Waals surface area (Å²) in [4.78, 5) is 10.8. The summed E-state index contributed by atoms with van der Waals surface area (Å²) in [6, 6.07) is 14.8. The molecule has 0 aromatic heterocycles. The van der Waals surface area contributed by atoms with Crippen LogP contribution in [0.3, 0.4) is 0 Å². The number of ether oxygens (including phenoxy) is 1. The van der Waals surface area contributed by atoms with Gasteiger partial charge in [0.1, 0.15) is 17.3 Å². The summed E-state index contributed by atoms with van der Waals surface area (Å²) in [5.41, 5.74) is 7.13. The van der Waals surface area contributed by atoms with Crippen LogP contribution in [0.1, 0.15) is 11.1 Å². The highest BCUT2D eigenvalue weighted by molar-refractivity contribution is 6.36. The number of phenols is 1. The minimum Gasteiger partial charge on any atom is -0.507 e. The number of primary amides is 1. The molecule has 4 nitrogen and oxygen atoms in total. The van der Waals surface area contributed by atoms with Gasteiger partial charge in [-0.2, -0.15) is 0 Å². The Kier molecular flexibility index (Phi) is 6.07. The van der Waals surface area contributed by atoms with Gasteiger partial charge < -0.3 is 15.6 Å². The van der Waals surface area contributed by atoms with E-state index in [2.05, 4.69) is 0 Å². The Morgan fingerprint density at radius 1 is 1.07 bits per heavy atom. The van der Waals surface area contributed by atoms with Crippen LogP contribution in [0.4, 0.5) is 4.39 Å². The van der Waals surface area contributed by atoms with E-state index in [1.54, 1.807) is 6.07 Å². The van der Waals surface area contributed by atoms with Crippen LogP contribution in [0.5, 0.6) is 11.5 Å². The lowest BCUT2D eigenvalue weighted by molar-refractivity contribution is -0.119. The fraction of sp³-hybridized carbons (Fsp3) is 0.0952. The summed E-state index contributed by atoms with van der Waals surface area (Å²) in [7, 11) is 0. The second-order valence-electron chi connectivity index (χ2n) is 6.12. The quantitative estimate of drug-likeness (QED) is 0.592. The van der Waals surface area contributed by atoms with Crippen molar-refractivity contribution in [1.29, 1.82) is 0 Å². The van der Waals surface area contributed by atoms with Crippen LogP contribution in [-0.2, 0) is 11.2 Å². The Balaban J connectivity index is 1.94. The maximum Gasteiger partial charge on any atom is 0.255 e. The molecule has 28 heavy (non-hydrogen) atoms. The van der Waals surface area contributed by atoms with Crippen LogP contribution in [0, 0.1) is 5.82 Å². The zero-order valence-electron chi connectivity index (χ0n) is 14.6. The summed E-state index contributed by atoms with van der Waals surface area (Å²) in [5, 5.41) is 10.7. The molecule has 3 aromatic rings. The maximum absolute atomic E-state index is 14.5. The minimum atomic E-state index is -0.629. The fourth-order valence-corrected chi connectivity index (χ4v) is 3.37. The van der Waals surface area contributed by atoms with Crippen molar-refractivity contribution in [2.75, 3.05) is 6.61 Å². The smallest absolute Gasteiger partial charge is 0.255 e. The van der Waals surface area contributed by atoms with Crippen molar-refractivity contribution >= 4 is 29.1 Å². The number of rotatable bonds is 6. The normalized spacial score (nSPS) is 10.7. The van der Waals surface area contributed by atoms with Gasteiger partial charge in [0.25, 0.3) is 5.91 Å². The predicted molar refractivity (Wildman–Crippen MR) is 107 cm³/mol. The molecule has 0 fully saturated rings. The van der Waals surface area contributed by atoms with Gasteiger partial charge in [0.15, 0.2) is 6.61 Å². The number of hydrogen-bond donors (Lipinski definition) is 2. The first-order chi connectivity index (χ1) is 13.3. The van der Waals surface area contributed by atoms with E-state index in [0.717, 1.165) is 11.6 Å². The van der Waals surface area contributed by atoms with Gasteiger partial charge in [-0.25, -0.2) is 4.39 Å². The molecule has 0 spiro atoms. The molecule has 7 heteroatoms. The topological polar surface area (TPSA) is 72.6 Å². The number of phenolic OH excluding ortho intramolecular Hbond substituents is 1. The second kappa shape index (κ2) is 8.50. The lowest BCUT2D eigenvalue weighted by atomic mass is 9.97. The number of hydrogen-bond acceptors (Lipinski definition) is 3. The van der Waals surface area contributed by atoms with E-state index >= 15 is 0 Å². The van der Waals surface area contributed by atoms with Crippen LogP contribution < -0.4 is 10.5 Å². The van der Waals surface area contributed by atoms with E-state index in [1.807, 2.05) is 30.3 Å². The summed E-state index contributed by atoms with van der Waals surface area (Å²) in [6.07, 6.45) is 0.111. The predicted octanol–water partition coefficient (Wildman–Crippen LogP) is 4.96. The van der Waals surface area contributed by atoms with Gasteiger partial charge >= 0.3 is 0 Å². The van der Waals surface area contributed by atoms with Gasteiger partial charge in [-0.05, 0) is 34.9 Å². The fourth-order valence-electron chi connectivity index (χ4n) is 2.77. The molecule has 0 aliphatic rings. The van der Waals surface area contributed by atoms with E-state index in [1.165, 1.54) is 12.1 Å². The largest absolute Gasteiger partial charge is 0.507 e. The number of aromatic hydroxyl groups is 1. The van der Waals surface area contributed by atoms with Crippen LogP contribution in [0.25, 0.3) is 11.1 Å². The van der Waals surface area contributed by atoms with Crippen LogP contribution in [-0.4, -0.2) is 17.6 Å². The molecular formula is C21H16Cl2FNO3. The average molecular weight is 420 g/mol. The number of carbonyl (C=O) groups is 1. The molecule has 1 amide bonds. The Hall–Kier alpha value is -2.76. The third kappa shape index (κ3) is 4.55. The van der Waals surface area contributed by atoms with Crippen molar-refractivity contribution in [1.82, 2.24) is 0 Å². The molecule has 0 radical (unpaired) electrons. The van der Waals surface area contributed by atoms with Gasteiger partial charge in [-0.3, -0.25) is 4.79 Å². The molecular weight excluding hydrogens is 404 g/mol. The van der Waals surface area contributed by atoms with Crippen molar-refractivity contribution in [2.24, 2.45) is 5.73 Å². The minimum absolute atomic E-state index is 0.111. The first-order valence-corrected chi connectivity index (χ1v) is 9.06. The second-order valence-corrected chi connectivity index (χ2v) is 6.94. The molecule has 0 atom stereocenters. The van der Waals surface area contributed by atoms with Crippen molar-refractivity contribution in [3.63, 3.8) is 0 Å². The Labute approximate surface area is 171 Å². The first kappa shape index (κ1) is 20.0. The molecule has 0 heterocycles. The molecule has 0 aliphatic carbocycles. The standard InChI is InChI=1S/C21H16Cl2FNO3/c22-17-8-14(28-11-21(25)27)9-18(23)16(17)7-13-6-15(20(26)10-19(13)24)12-4-2-1-3-5-12/h1-6,8-10,26H,7,11H2,(H2,25,27). The van der Waals surface area contributed by atoms with Crippen molar-refractivity contribution in [3.8, 4) is 22.6 Å². The highest BCUT2D eigenvalue weighted by Crippen LogP contribution is 2.36. The molecule has 0 saturated heterocycles. The molecule has 3 aromatic carbocycles. The third-order valence-electron chi connectivity index (χ3n) is 4.11. The highest BCUT2D eigenvalue weighted by Gasteiger charge is 2.16. The lowest BCUT2D eigenvalue weighted by Crippen LogP contribution is -2.20. The van der Waals surface area contributed by atoms with E-state index in [4.69, 9.17) is 33.7 Å². The summed E-state index contributed by atoms with van der Waals surface area (Å²) in [6.45, 7) is -0.307. The monoisotopic (exact) mass is 419 g/mol. The van der Waals surface area contributed by atoms with Gasteiger partial charge in [0, 0.05) is 28.1 Å². The number of halogens is 3. The molecule has 0 bridgehead atoms. The number of amides is 1. The molecule has 0 saturated carbocycles. The third-order valence-corrected chi connectivity index (χ3v) is 4.79. The molecule has 0 unspecified atom stereocenters. The van der Waals surface area contributed by atoms with E-state index < -0.39 is 11.7 Å². The first-order valence-electron chi connectivity index (χ1n) is 8.31. The van der Waals surface area contributed by atoms with Crippen LogP contribution in [0.15, 0.2) is 54.6 Å². The summed E-state index contributed by atoms with van der Waals surface area (Å²) >= 11 is 12.6. The Bertz CT molecular complexity index is 1000.